The summed E-state index contributed by atoms with van der Waals surface area (Å²) in [5, 5.41) is 0. The van der Waals surface area contributed by atoms with Crippen molar-refractivity contribution in [3.8, 4) is 0 Å². The van der Waals surface area contributed by atoms with Crippen molar-refractivity contribution >= 4 is 5.91 Å². The summed E-state index contributed by atoms with van der Waals surface area (Å²) in [4.78, 5) is 20.2. The van der Waals surface area contributed by atoms with Crippen LogP contribution in [0.2, 0.25) is 0 Å². The third-order valence-corrected chi connectivity index (χ3v) is 4.61. The van der Waals surface area contributed by atoms with Gasteiger partial charge in [0.1, 0.15) is 0 Å². The third-order valence-electron chi connectivity index (χ3n) is 4.61. The third kappa shape index (κ3) is 3.59. The van der Waals surface area contributed by atoms with Gasteiger partial charge in [-0.25, -0.2) is 4.39 Å². The number of halogens is 1. The van der Waals surface area contributed by atoms with Crippen LogP contribution < -0.4 is 0 Å². The minimum absolute atomic E-state index is 0.0208. The zero-order chi connectivity index (χ0) is 16.2. The predicted molar refractivity (Wildman–Crippen MR) is 84.6 cm³/mol. The summed E-state index contributed by atoms with van der Waals surface area (Å²) in [6.45, 7) is 8.30. The van der Waals surface area contributed by atoms with Gasteiger partial charge in [-0.05, 0) is 12.5 Å². The highest BCUT2D eigenvalue weighted by Crippen LogP contribution is 2.25. The second-order valence-electron chi connectivity index (χ2n) is 6.11. The lowest BCUT2D eigenvalue weighted by Gasteiger charge is -2.38. The average Bonchev–Trinajstić information content (AvgIpc) is 2.76. The molecule has 3 rings (SSSR count). The Hall–Kier alpha value is -1.79. The van der Waals surface area contributed by atoms with E-state index < -0.39 is 5.82 Å². The van der Waals surface area contributed by atoms with Gasteiger partial charge in [0, 0.05) is 44.8 Å². The minimum Gasteiger partial charge on any atom is -0.375 e. The molecule has 0 radical (unpaired) electrons. The molecule has 0 spiro atoms. The molecule has 2 fully saturated rings. The van der Waals surface area contributed by atoms with Gasteiger partial charge in [0.15, 0.2) is 5.82 Å². The van der Waals surface area contributed by atoms with Crippen LogP contribution in [0.4, 0.5) is 4.39 Å². The van der Waals surface area contributed by atoms with E-state index >= 15 is 0 Å². The Morgan fingerprint density at radius 3 is 3.13 bits per heavy atom. The summed E-state index contributed by atoms with van der Waals surface area (Å²) in [5.74, 6) is -0.443. The first-order valence-electron chi connectivity index (χ1n) is 8.02. The largest absolute Gasteiger partial charge is 0.375 e. The van der Waals surface area contributed by atoms with Crippen molar-refractivity contribution < 1.29 is 13.9 Å². The fourth-order valence-electron chi connectivity index (χ4n) is 3.37. The Balaban J connectivity index is 1.67. The first-order chi connectivity index (χ1) is 11.2. The van der Waals surface area contributed by atoms with Crippen molar-refractivity contribution in [2.45, 2.75) is 12.5 Å². The van der Waals surface area contributed by atoms with Crippen LogP contribution in [0.3, 0.4) is 0 Å². The van der Waals surface area contributed by atoms with Gasteiger partial charge < -0.3 is 9.64 Å². The number of hydrogen-bond acceptors (Lipinski definition) is 4. The van der Waals surface area contributed by atoms with Crippen LogP contribution in [0.1, 0.15) is 16.8 Å². The zero-order valence-electron chi connectivity index (χ0n) is 13.2. The van der Waals surface area contributed by atoms with Crippen molar-refractivity contribution in [2.75, 3.05) is 39.3 Å². The maximum atomic E-state index is 13.8. The smallest absolute Gasteiger partial charge is 0.257 e. The van der Waals surface area contributed by atoms with Crippen LogP contribution in [-0.4, -0.2) is 66.1 Å². The summed E-state index contributed by atoms with van der Waals surface area (Å²) in [6, 6.07) is 1.43. The van der Waals surface area contributed by atoms with Gasteiger partial charge in [0.25, 0.3) is 5.91 Å². The molecule has 6 heteroatoms. The van der Waals surface area contributed by atoms with E-state index in [2.05, 4.69) is 16.5 Å². The maximum absolute atomic E-state index is 13.8. The van der Waals surface area contributed by atoms with Gasteiger partial charge in [0.05, 0.1) is 24.5 Å². The van der Waals surface area contributed by atoms with Crippen molar-refractivity contribution in [1.29, 1.82) is 0 Å². The molecular formula is C17H22FN3O2. The monoisotopic (exact) mass is 319 g/mol. The van der Waals surface area contributed by atoms with E-state index in [9.17, 15) is 9.18 Å². The Morgan fingerprint density at radius 1 is 1.48 bits per heavy atom. The molecule has 1 aromatic rings. The average molecular weight is 319 g/mol. The van der Waals surface area contributed by atoms with Crippen LogP contribution in [0.15, 0.2) is 31.1 Å². The summed E-state index contributed by atoms with van der Waals surface area (Å²) in [6.07, 6.45) is 5.32. The van der Waals surface area contributed by atoms with E-state index in [1.54, 1.807) is 4.90 Å². The van der Waals surface area contributed by atoms with Crippen LogP contribution in [0.25, 0.3) is 0 Å². The molecule has 0 aliphatic carbocycles. The number of carbonyl (C=O) groups is 1. The number of rotatable bonds is 3. The van der Waals surface area contributed by atoms with E-state index in [4.69, 9.17) is 4.74 Å². The lowest BCUT2D eigenvalue weighted by Crippen LogP contribution is -2.49. The lowest BCUT2D eigenvalue weighted by molar-refractivity contribution is -0.0172. The molecule has 5 nitrogen and oxygen atoms in total. The number of hydrogen-bond donors (Lipinski definition) is 0. The molecule has 2 unspecified atom stereocenters. The second kappa shape index (κ2) is 7.19. The Bertz CT molecular complexity index is 581. The first kappa shape index (κ1) is 16.1. The number of likely N-dealkylation sites (tertiary alicyclic amines) is 1. The van der Waals surface area contributed by atoms with Crippen LogP contribution >= 0.6 is 0 Å². The molecular weight excluding hydrogens is 297 g/mol. The number of ether oxygens (including phenoxy) is 1. The van der Waals surface area contributed by atoms with E-state index in [0.29, 0.717) is 25.6 Å². The quantitative estimate of drug-likeness (QED) is 0.794. The van der Waals surface area contributed by atoms with E-state index in [1.807, 2.05) is 6.08 Å². The lowest BCUT2D eigenvalue weighted by atomic mass is 9.93. The highest BCUT2D eigenvalue weighted by atomic mass is 19.1. The first-order valence-corrected chi connectivity index (χ1v) is 8.02. The Morgan fingerprint density at radius 2 is 2.35 bits per heavy atom. The van der Waals surface area contributed by atoms with Gasteiger partial charge in [-0.3, -0.25) is 14.7 Å². The van der Waals surface area contributed by atoms with Gasteiger partial charge in [-0.2, -0.15) is 0 Å². The standard InChI is InChI=1S/C17H22FN3O2/c1-2-6-20-8-9-23-16-12-21(7-4-13(16)11-20)17(22)14-3-5-19-10-15(14)18/h2-3,5,10,13,16H,1,4,6-9,11-12H2. The van der Waals surface area contributed by atoms with Crippen molar-refractivity contribution in [3.05, 3.63) is 42.5 Å². The van der Waals surface area contributed by atoms with Crippen LogP contribution in [0.5, 0.6) is 0 Å². The van der Waals surface area contributed by atoms with E-state index in [-0.39, 0.29) is 17.6 Å². The molecule has 124 valence electrons. The SMILES string of the molecule is C=CCN1CCOC2CN(C(=O)c3ccncc3F)CCC2C1. The Kier molecular flexibility index (Phi) is 5.03. The second-order valence-corrected chi connectivity index (χ2v) is 6.11. The molecule has 0 bridgehead atoms. The topological polar surface area (TPSA) is 45.7 Å². The highest BCUT2D eigenvalue weighted by molar-refractivity contribution is 5.94. The minimum atomic E-state index is -0.571. The maximum Gasteiger partial charge on any atom is 0.257 e. The summed E-state index contributed by atoms with van der Waals surface area (Å²) in [7, 11) is 0. The molecule has 2 saturated heterocycles. The van der Waals surface area contributed by atoms with Gasteiger partial charge in [-0.15, -0.1) is 6.58 Å². The van der Waals surface area contributed by atoms with Crippen LogP contribution in [-0.2, 0) is 4.74 Å². The molecule has 0 aromatic carbocycles. The van der Waals surface area contributed by atoms with Crippen molar-refractivity contribution in [3.63, 3.8) is 0 Å². The highest BCUT2D eigenvalue weighted by Gasteiger charge is 2.35. The normalized spacial score (nSPS) is 25.5. The molecule has 2 atom stereocenters. The molecule has 23 heavy (non-hydrogen) atoms. The summed E-state index contributed by atoms with van der Waals surface area (Å²) in [5.41, 5.74) is 0.0837. The number of aromatic nitrogens is 1. The fourth-order valence-corrected chi connectivity index (χ4v) is 3.37. The zero-order valence-corrected chi connectivity index (χ0v) is 13.2. The fraction of sp³-hybridized carbons (Fsp3) is 0.529. The van der Waals surface area contributed by atoms with Crippen molar-refractivity contribution in [1.82, 2.24) is 14.8 Å². The summed E-state index contributed by atoms with van der Waals surface area (Å²) >= 11 is 0. The van der Waals surface area contributed by atoms with Crippen LogP contribution in [0, 0.1) is 11.7 Å². The Labute approximate surface area is 135 Å². The molecule has 1 amide bonds. The number of pyridine rings is 1. The molecule has 0 saturated carbocycles. The molecule has 3 heterocycles. The molecule has 0 N–H and O–H groups in total. The molecule has 2 aliphatic rings. The van der Waals surface area contributed by atoms with Crippen molar-refractivity contribution in [2.24, 2.45) is 5.92 Å². The number of amides is 1. The molecule has 1 aromatic heterocycles. The summed E-state index contributed by atoms with van der Waals surface area (Å²) < 4.78 is 19.7. The molecule has 2 aliphatic heterocycles. The predicted octanol–water partition coefficient (Wildman–Crippen LogP) is 1.57. The van der Waals surface area contributed by atoms with Gasteiger partial charge in [0.2, 0.25) is 0 Å². The van der Waals surface area contributed by atoms with E-state index in [0.717, 1.165) is 32.3 Å². The van der Waals surface area contributed by atoms with Gasteiger partial charge in [-0.1, -0.05) is 6.08 Å². The number of piperidine rings is 1. The van der Waals surface area contributed by atoms with E-state index in [1.165, 1.54) is 12.3 Å². The number of nitrogens with zero attached hydrogens (tertiary/aromatic N) is 3. The number of fused-ring (bicyclic) bond motifs is 1. The van der Waals surface area contributed by atoms with Gasteiger partial charge >= 0.3 is 0 Å². The number of carbonyl (C=O) groups excluding carboxylic acids is 1.